The second-order valence-corrected chi connectivity index (χ2v) is 3.67. The predicted molar refractivity (Wildman–Crippen MR) is 55.5 cm³/mol. The van der Waals surface area contributed by atoms with E-state index in [-0.39, 0.29) is 5.46 Å². The van der Waals surface area contributed by atoms with Gasteiger partial charge in [-0.05, 0) is 12.1 Å². The molecule has 0 spiro atoms. The maximum atomic E-state index is 9.01. The lowest BCUT2D eigenvalue weighted by atomic mass is 9.79. The van der Waals surface area contributed by atoms with Gasteiger partial charge in [0.1, 0.15) is 5.75 Å². The second-order valence-electron chi connectivity index (χ2n) is 2.38. The summed E-state index contributed by atoms with van der Waals surface area (Å²) in [7, 11) is -0.147. The molecule has 6 heteroatoms. The molecule has 3 nitrogen and oxygen atoms in total. The SMILES string of the molecule is COc1cc(Cl)cc(Br)c1B(O)O. The van der Waals surface area contributed by atoms with Crippen molar-refractivity contribution in [2.45, 2.75) is 0 Å². The molecular weight excluding hydrogens is 258 g/mol. The van der Waals surface area contributed by atoms with Crippen molar-refractivity contribution in [3.05, 3.63) is 21.6 Å². The molecule has 0 heterocycles. The molecule has 0 aliphatic rings. The highest BCUT2D eigenvalue weighted by molar-refractivity contribution is 9.10. The first-order valence-corrected chi connectivity index (χ1v) is 4.62. The lowest BCUT2D eigenvalue weighted by Crippen LogP contribution is -2.32. The molecule has 0 radical (unpaired) electrons. The lowest BCUT2D eigenvalue weighted by molar-refractivity contribution is 0.403. The molecule has 0 unspecified atom stereocenters. The highest BCUT2D eigenvalue weighted by atomic mass is 79.9. The van der Waals surface area contributed by atoms with Crippen LogP contribution in [0.25, 0.3) is 0 Å². The number of benzene rings is 1. The summed E-state index contributed by atoms with van der Waals surface area (Å²) < 4.78 is 5.44. The fourth-order valence-electron chi connectivity index (χ4n) is 0.981. The van der Waals surface area contributed by atoms with Gasteiger partial charge < -0.3 is 14.8 Å². The van der Waals surface area contributed by atoms with E-state index in [1.54, 1.807) is 6.07 Å². The molecule has 0 aliphatic heterocycles. The van der Waals surface area contributed by atoms with E-state index in [2.05, 4.69) is 15.9 Å². The molecule has 1 aromatic carbocycles. The van der Waals surface area contributed by atoms with Gasteiger partial charge >= 0.3 is 7.12 Å². The van der Waals surface area contributed by atoms with Gasteiger partial charge in [-0.25, -0.2) is 0 Å². The lowest BCUT2D eigenvalue weighted by Gasteiger charge is -2.09. The van der Waals surface area contributed by atoms with E-state index in [0.29, 0.717) is 15.2 Å². The standard InChI is InChI=1S/C7H7BBrClO3/c1-13-6-3-4(10)2-5(9)7(6)8(11)12/h2-3,11-12H,1H3. The molecule has 0 fully saturated rings. The van der Waals surface area contributed by atoms with Gasteiger partial charge in [0.15, 0.2) is 0 Å². The topological polar surface area (TPSA) is 49.7 Å². The first-order chi connectivity index (χ1) is 6.06. The maximum Gasteiger partial charge on any atom is 0.493 e. The zero-order valence-electron chi connectivity index (χ0n) is 6.79. The molecule has 13 heavy (non-hydrogen) atoms. The van der Waals surface area contributed by atoms with Gasteiger partial charge in [0, 0.05) is 15.0 Å². The van der Waals surface area contributed by atoms with Crippen LogP contribution in [0.1, 0.15) is 0 Å². The Labute approximate surface area is 89.6 Å². The summed E-state index contributed by atoms with van der Waals surface area (Å²) in [6.45, 7) is 0. The molecule has 2 N–H and O–H groups in total. The van der Waals surface area contributed by atoms with Crippen molar-refractivity contribution in [1.82, 2.24) is 0 Å². The fraction of sp³-hybridized carbons (Fsp3) is 0.143. The number of hydrogen-bond acceptors (Lipinski definition) is 3. The van der Waals surface area contributed by atoms with Gasteiger partial charge in [0.2, 0.25) is 0 Å². The summed E-state index contributed by atoms with van der Waals surface area (Å²) in [6.07, 6.45) is 0. The zero-order valence-corrected chi connectivity index (χ0v) is 9.13. The third-order valence-corrected chi connectivity index (χ3v) is 2.41. The molecule has 0 bridgehead atoms. The smallest absolute Gasteiger partial charge is 0.493 e. The number of rotatable bonds is 2. The molecule has 0 aliphatic carbocycles. The van der Waals surface area contributed by atoms with Crippen LogP contribution in [0.4, 0.5) is 0 Å². The fourth-order valence-corrected chi connectivity index (χ4v) is 1.97. The van der Waals surface area contributed by atoms with E-state index < -0.39 is 7.12 Å². The van der Waals surface area contributed by atoms with E-state index >= 15 is 0 Å². The molecule has 0 saturated carbocycles. The Morgan fingerprint density at radius 2 is 2.08 bits per heavy atom. The van der Waals surface area contributed by atoms with Crippen molar-refractivity contribution in [2.75, 3.05) is 7.11 Å². The zero-order chi connectivity index (χ0) is 10.0. The average Bonchev–Trinajstić information content (AvgIpc) is 2.01. The minimum absolute atomic E-state index is 0.270. The number of halogens is 2. The molecular formula is C7H7BBrClO3. The van der Waals surface area contributed by atoms with Crippen molar-refractivity contribution in [3.8, 4) is 5.75 Å². The Morgan fingerprint density at radius 3 is 2.54 bits per heavy atom. The quantitative estimate of drug-likeness (QED) is 0.777. The second kappa shape index (κ2) is 4.33. The van der Waals surface area contributed by atoms with Crippen LogP contribution in [0.3, 0.4) is 0 Å². The van der Waals surface area contributed by atoms with E-state index in [1.165, 1.54) is 13.2 Å². The minimum atomic E-state index is -1.58. The van der Waals surface area contributed by atoms with Gasteiger partial charge in [-0.15, -0.1) is 0 Å². The summed E-state index contributed by atoms with van der Waals surface area (Å²) >= 11 is 8.89. The Bertz CT molecular complexity index is 319. The summed E-state index contributed by atoms with van der Waals surface area (Å²) in [4.78, 5) is 0. The first kappa shape index (κ1) is 10.9. The van der Waals surface area contributed by atoms with Crippen molar-refractivity contribution in [2.24, 2.45) is 0 Å². The molecule has 1 rings (SSSR count). The van der Waals surface area contributed by atoms with E-state index in [9.17, 15) is 0 Å². The van der Waals surface area contributed by atoms with Crippen LogP contribution in [0.15, 0.2) is 16.6 Å². The molecule has 0 amide bonds. The summed E-state index contributed by atoms with van der Waals surface area (Å²) in [5, 5.41) is 18.5. The molecule has 1 aromatic rings. The third-order valence-electron chi connectivity index (χ3n) is 1.53. The van der Waals surface area contributed by atoms with Crippen LogP contribution in [0.5, 0.6) is 5.75 Å². The minimum Gasteiger partial charge on any atom is -0.497 e. The highest BCUT2D eigenvalue weighted by Gasteiger charge is 2.20. The summed E-state index contributed by atoms with van der Waals surface area (Å²) in [6, 6.07) is 3.08. The predicted octanol–water partition coefficient (Wildman–Crippen LogP) is 0.791. The van der Waals surface area contributed by atoms with Crippen LogP contribution in [0.2, 0.25) is 5.02 Å². The number of hydrogen-bond donors (Lipinski definition) is 2. The summed E-state index contributed by atoms with van der Waals surface area (Å²) in [5.41, 5.74) is 0.270. The molecule has 70 valence electrons. The van der Waals surface area contributed by atoms with Crippen LogP contribution in [-0.4, -0.2) is 24.3 Å². The Morgan fingerprint density at radius 1 is 1.46 bits per heavy atom. The first-order valence-electron chi connectivity index (χ1n) is 3.45. The van der Waals surface area contributed by atoms with Gasteiger partial charge in [0.25, 0.3) is 0 Å². The molecule has 0 aromatic heterocycles. The van der Waals surface area contributed by atoms with Crippen LogP contribution in [0, 0.1) is 0 Å². The van der Waals surface area contributed by atoms with Gasteiger partial charge in [-0.3, -0.25) is 0 Å². The van der Waals surface area contributed by atoms with Crippen LogP contribution < -0.4 is 10.2 Å². The van der Waals surface area contributed by atoms with Gasteiger partial charge in [0.05, 0.1) is 7.11 Å². The van der Waals surface area contributed by atoms with Gasteiger partial charge in [-0.2, -0.15) is 0 Å². The third kappa shape index (κ3) is 2.37. The van der Waals surface area contributed by atoms with Crippen LogP contribution in [-0.2, 0) is 0 Å². The van der Waals surface area contributed by atoms with E-state index in [1.807, 2.05) is 0 Å². The number of methoxy groups -OCH3 is 1. The Balaban J connectivity index is 3.30. The summed E-state index contributed by atoms with van der Waals surface area (Å²) in [5.74, 6) is 0.342. The van der Waals surface area contributed by atoms with Crippen molar-refractivity contribution in [3.63, 3.8) is 0 Å². The largest absolute Gasteiger partial charge is 0.497 e. The normalized spacial score (nSPS) is 9.92. The van der Waals surface area contributed by atoms with Gasteiger partial charge in [-0.1, -0.05) is 27.5 Å². The maximum absolute atomic E-state index is 9.01. The number of ether oxygens (including phenoxy) is 1. The van der Waals surface area contributed by atoms with Crippen molar-refractivity contribution in [1.29, 1.82) is 0 Å². The van der Waals surface area contributed by atoms with Crippen molar-refractivity contribution < 1.29 is 14.8 Å². The van der Waals surface area contributed by atoms with Crippen LogP contribution >= 0.6 is 27.5 Å². The monoisotopic (exact) mass is 264 g/mol. The van der Waals surface area contributed by atoms with Crippen molar-refractivity contribution >= 4 is 40.1 Å². The van der Waals surface area contributed by atoms with E-state index in [4.69, 9.17) is 26.4 Å². The Kier molecular flexibility index (Phi) is 3.61. The molecule has 0 saturated heterocycles. The average molecular weight is 265 g/mol. The van der Waals surface area contributed by atoms with E-state index in [0.717, 1.165) is 0 Å². The molecule has 0 atom stereocenters. The Hall–Kier alpha value is -0.225. The highest BCUT2D eigenvalue weighted by Crippen LogP contribution is 2.22.